The van der Waals surface area contributed by atoms with Crippen LogP contribution in [0.1, 0.15) is 47.3 Å². The molecule has 2 heterocycles. The molecule has 10 nitrogen and oxygen atoms in total. The molecule has 0 saturated carbocycles. The van der Waals surface area contributed by atoms with Gasteiger partial charge in [0.15, 0.2) is 0 Å². The summed E-state index contributed by atoms with van der Waals surface area (Å²) in [6, 6.07) is 15.9. The maximum atomic E-state index is 13.0. The number of likely N-dealkylation sites (tertiary alicyclic amines) is 1. The minimum absolute atomic E-state index is 0.0810. The van der Waals surface area contributed by atoms with Crippen LogP contribution >= 0.6 is 0 Å². The SMILES string of the molecule is CC1(C(=O)O)CCCN1C(=O)c1nonc1NC(=O)OCC1c2ccccc2-c2ccccc21. The first-order valence-electron chi connectivity index (χ1n) is 10.9. The van der Waals surface area contributed by atoms with Gasteiger partial charge in [0.25, 0.3) is 5.91 Å². The Morgan fingerprint density at radius 2 is 1.76 bits per heavy atom. The number of benzene rings is 2. The Balaban J connectivity index is 1.29. The second kappa shape index (κ2) is 8.29. The second-order valence-corrected chi connectivity index (χ2v) is 8.55. The Morgan fingerprint density at radius 1 is 1.12 bits per heavy atom. The molecule has 1 aliphatic heterocycles. The molecule has 0 bridgehead atoms. The molecule has 34 heavy (non-hydrogen) atoms. The van der Waals surface area contributed by atoms with Gasteiger partial charge in [0, 0.05) is 12.5 Å². The number of carbonyl (C=O) groups is 3. The molecule has 5 rings (SSSR count). The molecule has 1 unspecified atom stereocenters. The van der Waals surface area contributed by atoms with Crippen molar-refractivity contribution in [3.8, 4) is 11.1 Å². The molecule has 1 fully saturated rings. The van der Waals surface area contributed by atoms with Gasteiger partial charge in [-0.2, -0.15) is 0 Å². The maximum Gasteiger partial charge on any atom is 0.412 e. The molecule has 0 spiro atoms. The van der Waals surface area contributed by atoms with Gasteiger partial charge in [0.2, 0.25) is 11.5 Å². The largest absolute Gasteiger partial charge is 0.480 e. The van der Waals surface area contributed by atoms with E-state index in [0.29, 0.717) is 12.8 Å². The first kappa shape index (κ1) is 21.6. The van der Waals surface area contributed by atoms with Crippen molar-refractivity contribution in [3.63, 3.8) is 0 Å². The fraction of sp³-hybridized carbons (Fsp3) is 0.292. The average molecular weight is 462 g/mol. The molecule has 2 aromatic carbocycles. The quantitative estimate of drug-likeness (QED) is 0.588. The summed E-state index contributed by atoms with van der Waals surface area (Å²) in [6.45, 7) is 1.81. The lowest BCUT2D eigenvalue weighted by Gasteiger charge is -2.30. The number of aliphatic carboxylic acids is 1. The van der Waals surface area contributed by atoms with Crippen LogP contribution in [0.25, 0.3) is 11.1 Å². The molecule has 174 valence electrons. The van der Waals surface area contributed by atoms with Crippen LogP contribution in [0.3, 0.4) is 0 Å². The number of rotatable bonds is 5. The van der Waals surface area contributed by atoms with Crippen LogP contribution < -0.4 is 5.32 Å². The smallest absolute Gasteiger partial charge is 0.412 e. The van der Waals surface area contributed by atoms with Gasteiger partial charge < -0.3 is 14.7 Å². The molecule has 10 heteroatoms. The number of carbonyl (C=O) groups excluding carboxylic acids is 2. The number of hydrogen-bond donors (Lipinski definition) is 2. The monoisotopic (exact) mass is 462 g/mol. The van der Waals surface area contributed by atoms with E-state index in [1.54, 1.807) is 0 Å². The molecule has 1 saturated heterocycles. The van der Waals surface area contributed by atoms with E-state index in [2.05, 4.69) is 20.3 Å². The zero-order valence-electron chi connectivity index (χ0n) is 18.4. The second-order valence-electron chi connectivity index (χ2n) is 8.55. The van der Waals surface area contributed by atoms with Crippen LogP contribution in [0.15, 0.2) is 53.2 Å². The van der Waals surface area contributed by atoms with E-state index in [1.807, 2.05) is 48.5 Å². The number of aromatic nitrogens is 2. The Kier molecular flexibility index (Phi) is 5.27. The third-order valence-electron chi connectivity index (χ3n) is 6.60. The van der Waals surface area contributed by atoms with Crippen LogP contribution in [0, 0.1) is 0 Å². The normalized spacial score (nSPS) is 18.9. The van der Waals surface area contributed by atoms with Crippen LogP contribution in [-0.2, 0) is 9.53 Å². The van der Waals surface area contributed by atoms with Crippen molar-refractivity contribution >= 4 is 23.8 Å². The lowest BCUT2D eigenvalue weighted by atomic mass is 9.98. The zero-order chi connectivity index (χ0) is 23.9. The molecule has 2 amide bonds. The average Bonchev–Trinajstić information content (AvgIpc) is 3.54. The molecule has 2 N–H and O–H groups in total. The van der Waals surface area contributed by atoms with E-state index >= 15 is 0 Å². The minimum atomic E-state index is -1.36. The summed E-state index contributed by atoms with van der Waals surface area (Å²) in [5.41, 5.74) is 2.70. The van der Waals surface area contributed by atoms with Crippen molar-refractivity contribution in [2.45, 2.75) is 31.2 Å². The molecule has 2 aliphatic rings. The number of fused-ring (bicyclic) bond motifs is 3. The van der Waals surface area contributed by atoms with Crippen LogP contribution in [-0.4, -0.2) is 57.0 Å². The van der Waals surface area contributed by atoms with E-state index in [0.717, 1.165) is 22.3 Å². The summed E-state index contributed by atoms with van der Waals surface area (Å²) in [6.07, 6.45) is 0.0257. The van der Waals surface area contributed by atoms with Crippen molar-refractivity contribution in [1.82, 2.24) is 15.2 Å². The van der Waals surface area contributed by atoms with Crippen molar-refractivity contribution in [2.24, 2.45) is 0 Å². The molecular formula is C24H22N4O6. The Labute approximate surface area is 194 Å². The number of ether oxygens (including phenoxy) is 1. The summed E-state index contributed by atoms with van der Waals surface area (Å²) in [7, 11) is 0. The number of nitrogens with zero attached hydrogens (tertiary/aromatic N) is 3. The van der Waals surface area contributed by atoms with Gasteiger partial charge in [0.1, 0.15) is 12.1 Å². The molecule has 1 aromatic heterocycles. The summed E-state index contributed by atoms with van der Waals surface area (Å²) < 4.78 is 10.1. The molecule has 1 atom stereocenters. The van der Waals surface area contributed by atoms with Crippen LogP contribution in [0.2, 0.25) is 0 Å². The molecule has 1 aliphatic carbocycles. The molecular weight excluding hydrogens is 440 g/mol. The topological polar surface area (TPSA) is 135 Å². The van der Waals surface area contributed by atoms with E-state index in [1.165, 1.54) is 11.8 Å². The molecule has 0 radical (unpaired) electrons. The zero-order valence-corrected chi connectivity index (χ0v) is 18.4. The van der Waals surface area contributed by atoms with Crippen LogP contribution in [0.5, 0.6) is 0 Å². The van der Waals surface area contributed by atoms with Crippen LogP contribution in [0.4, 0.5) is 10.6 Å². The maximum absolute atomic E-state index is 13.0. The molecule has 3 aromatic rings. The van der Waals surface area contributed by atoms with E-state index in [-0.39, 0.29) is 30.6 Å². The predicted octanol–water partition coefficient (Wildman–Crippen LogP) is 3.51. The minimum Gasteiger partial charge on any atom is -0.480 e. The van der Waals surface area contributed by atoms with Gasteiger partial charge in [-0.25, -0.2) is 14.2 Å². The lowest BCUT2D eigenvalue weighted by Crippen LogP contribution is -2.51. The number of hydrogen-bond acceptors (Lipinski definition) is 7. The Morgan fingerprint density at radius 3 is 2.41 bits per heavy atom. The van der Waals surface area contributed by atoms with Crippen molar-refractivity contribution in [1.29, 1.82) is 0 Å². The first-order valence-corrected chi connectivity index (χ1v) is 10.9. The van der Waals surface area contributed by atoms with Crippen molar-refractivity contribution < 1.29 is 28.9 Å². The summed E-state index contributed by atoms with van der Waals surface area (Å²) in [5, 5.41) is 19.2. The van der Waals surface area contributed by atoms with E-state index in [4.69, 9.17) is 4.74 Å². The Bertz CT molecular complexity index is 1240. The number of anilines is 1. The number of carboxylic acids is 1. The number of amides is 2. The number of nitrogens with one attached hydrogen (secondary N) is 1. The fourth-order valence-electron chi connectivity index (χ4n) is 4.78. The third-order valence-corrected chi connectivity index (χ3v) is 6.60. The van der Waals surface area contributed by atoms with Gasteiger partial charge in [-0.1, -0.05) is 48.5 Å². The van der Waals surface area contributed by atoms with Gasteiger partial charge in [-0.05, 0) is 52.3 Å². The first-order chi connectivity index (χ1) is 16.4. The third kappa shape index (κ3) is 3.47. The van der Waals surface area contributed by atoms with Gasteiger partial charge >= 0.3 is 12.1 Å². The Hall–Kier alpha value is -4.21. The van der Waals surface area contributed by atoms with Gasteiger partial charge in [-0.15, -0.1) is 0 Å². The lowest BCUT2D eigenvalue weighted by molar-refractivity contribution is -0.147. The summed E-state index contributed by atoms with van der Waals surface area (Å²) in [4.78, 5) is 38.5. The van der Waals surface area contributed by atoms with E-state index < -0.39 is 23.5 Å². The highest BCUT2D eigenvalue weighted by atomic mass is 16.6. The predicted molar refractivity (Wildman–Crippen MR) is 119 cm³/mol. The van der Waals surface area contributed by atoms with Gasteiger partial charge in [0.05, 0.1) is 0 Å². The summed E-state index contributed by atoms with van der Waals surface area (Å²) in [5.74, 6) is -2.14. The summed E-state index contributed by atoms with van der Waals surface area (Å²) >= 11 is 0. The highest BCUT2D eigenvalue weighted by Crippen LogP contribution is 2.44. The van der Waals surface area contributed by atoms with Crippen molar-refractivity contribution in [2.75, 3.05) is 18.5 Å². The van der Waals surface area contributed by atoms with Crippen molar-refractivity contribution in [3.05, 3.63) is 65.4 Å². The van der Waals surface area contributed by atoms with E-state index in [9.17, 15) is 19.5 Å². The van der Waals surface area contributed by atoms with Gasteiger partial charge in [-0.3, -0.25) is 10.1 Å². The standard InChI is InChI=1S/C24H22N4O6/c1-24(22(30)31)11-6-12-28(24)21(29)19-20(27-34-26-19)25-23(32)33-13-18-16-9-4-2-7-14(16)15-8-3-5-10-17(15)18/h2-5,7-10,18H,6,11-13H2,1H3,(H,30,31)(H,25,27,32). The highest BCUT2D eigenvalue weighted by molar-refractivity contribution is 6.02. The highest BCUT2D eigenvalue weighted by Gasteiger charge is 2.47. The fourth-order valence-corrected chi connectivity index (χ4v) is 4.78. The number of carboxylic acid groups (broad SMARTS) is 1.